The van der Waals surface area contributed by atoms with Gasteiger partial charge >= 0.3 is 0 Å². The first-order valence-corrected chi connectivity index (χ1v) is 8.06. The largest absolute Gasteiger partial charge is 0.490 e. The Hall–Kier alpha value is -3.66. The van der Waals surface area contributed by atoms with Crippen LogP contribution in [0.25, 0.3) is 0 Å². The van der Waals surface area contributed by atoms with E-state index in [0.717, 1.165) is 11.1 Å². The van der Waals surface area contributed by atoms with Crippen molar-refractivity contribution in [1.29, 1.82) is 5.26 Å². The Morgan fingerprint density at radius 3 is 2.69 bits per heavy atom. The summed E-state index contributed by atoms with van der Waals surface area (Å²) in [6.07, 6.45) is 4.69. The summed E-state index contributed by atoms with van der Waals surface area (Å²) in [5, 5.41) is 20.8. The quantitative estimate of drug-likeness (QED) is 0.613. The van der Waals surface area contributed by atoms with Gasteiger partial charge in [-0.2, -0.15) is 10.4 Å². The van der Waals surface area contributed by atoms with Crippen molar-refractivity contribution in [2.75, 3.05) is 6.61 Å². The van der Waals surface area contributed by atoms with Crippen molar-refractivity contribution in [3.8, 4) is 17.6 Å². The molecule has 0 saturated heterocycles. The number of benzene rings is 2. The van der Waals surface area contributed by atoms with E-state index in [1.165, 1.54) is 17.3 Å². The number of nitriles is 1. The van der Waals surface area contributed by atoms with Gasteiger partial charge in [-0.1, -0.05) is 18.2 Å². The number of hydrogen-bond donors (Lipinski definition) is 0. The zero-order valence-corrected chi connectivity index (χ0v) is 14.2. The molecule has 7 heteroatoms. The average molecular weight is 347 g/mol. The molecule has 0 atom stereocenters. The number of ether oxygens (including phenoxy) is 2. The van der Waals surface area contributed by atoms with Crippen LogP contribution in [0.15, 0.2) is 60.2 Å². The Kier molecular flexibility index (Phi) is 5.58. The molecule has 3 aromatic rings. The molecule has 0 amide bonds. The van der Waals surface area contributed by atoms with E-state index in [9.17, 15) is 5.26 Å². The summed E-state index contributed by atoms with van der Waals surface area (Å²) in [7, 11) is 0. The molecule has 0 bridgehead atoms. The first-order chi connectivity index (χ1) is 12.8. The molecule has 0 N–H and O–H groups in total. The van der Waals surface area contributed by atoms with Gasteiger partial charge < -0.3 is 9.47 Å². The van der Waals surface area contributed by atoms with Gasteiger partial charge in [0.25, 0.3) is 0 Å². The summed E-state index contributed by atoms with van der Waals surface area (Å²) < 4.78 is 13.1. The van der Waals surface area contributed by atoms with Crippen molar-refractivity contribution < 1.29 is 9.47 Å². The number of aromatic nitrogens is 3. The minimum absolute atomic E-state index is 0.290. The van der Waals surface area contributed by atoms with Crippen LogP contribution in [0, 0.1) is 11.3 Å². The Balaban J connectivity index is 1.77. The summed E-state index contributed by atoms with van der Waals surface area (Å²) in [5.41, 5.74) is 2.28. The molecule has 7 nitrogen and oxygen atoms in total. The molecule has 0 aliphatic rings. The molecule has 3 rings (SSSR count). The van der Waals surface area contributed by atoms with E-state index in [1.54, 1.807) is 12.3 Å². The molecule has 1 heterocycles. The fraction of sp³-hybridized carbons (Fsp3) is 0.158. The molecular formula is C19H17N5O2. The van der Waals surface area contributed by atoms with Crippen molar-refractivity contribution in [3.05, 3.63) is 71.8 Å². The van der Waals surface area contributed by atoms with Crippen LogP contribution in [0.4, 0.5) is 0 Å². The van der Waals surface area contributed by atoms with Crippen molar-refractivity contribution >= 4 is 6.21 Å². The molecule has 2 aromatic carbocycles. The van der Waals surface area contributed by atoms with Crippen LogP contribution < -0.4 is 9.47 Å². The van der Waals surface area contributed by atoms with Crippen LogP contribution in [0.3, 0.4) is 0 Å². The van der Waals surface area contributed by atoms with Gasteiger partial charge in [-0.15, -0.1) is 10.2 Å². The average Bonchev–Trinajstić information content (AvgIpc) is 3.20. The van der Waals surface area contributed by atoms with Crippen LogP contribution in [-0.4, -0.2) is 27.7 Å². The van der Waals surface area contributed by atoms with Crippen LogP contribution in [0.2, 0.25) is 0 Å². The molecule has 0 spiro atoms. The van der Waals surface area contributed by atoms with Gasteiger partial charge in [0, 0.05) is 5.56 Å². The van der Waals surface area contributed by atoms with Crippen LogP contribution in [0.5, 0.6) is 11.5 Å². The summed E-state index contributed by atoms with van der Waals surface area (Å²) >= 11 is 0. The first-order valence-electron chi connectivity index (χ1n) is 8.06. The number of nitrogens with zero attached hydrogens (tertiary/aromatic N) is 5. The second-order valence-electron chi connectivity index (χ2n) is 5.28. The molecule has 0 aliphatic heterocycles. The minimum Gasteiger partial charge on any atom is -0.490 e. The van der Waals surface area contributed by atoms with Gasteiger partial charge in [0.1, 0.15) is 19.3 Å². The van der Waals surface area contributed by atoms with E-state index in [4.69, 9.17) is 9.47 Å². The van der Waals surface area contributed by atoms with Crippen molar-refractivity contribution in [2.24, 2.45) is 5.10 Å². The Labute approximate surface area is 151 Å². The van der Waals surface area contributed by atoms with Gasteiger partial charge in [0.2, 0.25) is 0 Å². The van der Waals surface area contributed by atoms with Crippen molar-refractivity contribution in [3.63, 3.8) is 0 Å². The third-order valence-electron chi connectivity index (χ3n) is 3.54. The van der Waals surface area contributed by atoms with Crippen LogP contribution in [0.1, 0.15) is 23.6 Å². The van der Waals surface area contributed by atoms with E-state index in [2.05, 4.69) is 21.4 Å². The maximum absolute atomic E-state index is 9.17. The maximum atomic E-state index is 9.17. The summed E-state index contributed by atoms with van der Waals surface area (Å²) in [6, 6.07) is 15.1. The van der Waals surface area contributed by atoms with E-state index < -0.39 is 0 Å². The Bertz CT molecular complexity index is 929. The maximum Gasteiger partial charge on any atom is 0.161 e. The van der Waals surface area contributed by atoms with E-state index in [-0.39, 0.29) is 6.61 Å². The van der Waals surface area contributed by atoms with Gasteiger partial charge in [-0.3, -0.25) is 0 Å². The molecule has 1 aromatic heterocycles. The Morgan fingerprint density at radius 2 is 1.92 bits per heavy atom. The highest BCUT2D eigenvalue weighted by molar-refractivity contribution is 5.80. The molecule has 26 heavy (non-hydrogen) atoms. The molecule has 0 aliphatic carbocycles. The number of rotatable bonds is 7. The zero-order valence-electron chi connectivity index (χ0n) is 14.2. The molecule has 0 fully saturated rings. The molecule has 0 saturated carbocycles. The van der Waals surface area contributed by atoms with Gasteiger partial charge in [0.15, 0.2) is 11.5 Å². The molecular weight excluding hydrogens is 330 g/mol. The lowest BCUT2D eigenvalue weighted by atomic mass is 10.1. The molecule has 130 valence electrons. The normalized spacial score (nSPS) is 10.6. The summed E-state index contributed by atoms with van der Waals surface area (Å²) in [4.78, 5) is 0. The SMILES string of the molecule is CCOc1cc(/C=N/n2cnnc2)ccc1OCc1ccccc1C#N. The minimum atomic E-state index is 0.290. The standard InChI is InChI=1S/C19H17N5O2/c1-2-25-19-9-15(11-23-24-13-21-22-14-24)7-8-18(19)26-12-17-6-4-3-5-16(17)10-20/h3-9,11,13-14H,2,12H2,1H3/b23-11+. The van der Waals surface area contributed by atoms with Crippen molar-refractivity contribution in [2.45, 2.75) is 13.5 Å². The highest BCUT2D eigenvalue weighted by Gasteiger charge is 2.08. The zero-order chi connectivity index (χ0) is 18.2. The van der Waals surface area contributed by atoms with E-state index >= 15 is 0 Å². The lowest BCUT2D eigenvalue weighted by Crippen LogP contribution is -2.02. The van der Waals surface area contributed by atoms with Gasteiger partial charge in [-0.05, 0) is 36.8 Å². The van der Waals surface area contributed by atoms with Crippen LogP contribution in [-0.2, 0) is 6.61 Å². The predicted octanol–water partition coefficient (Wildman–Crippen LogP) is 3.01. The lowest BCUT2D eigenvalue weighted by Gasteiger charge is -2.13. The summed E-state index contributed by atoms with van der Waals surface area (Å²) in [5.74, 6) is 1.23. The monoisotopic (exact) mass is 347 g/mol. The topological polar surface area (TPSA) is 85.3 Å². The smallest absolute Gasteiger partial charge is 0.161 e. The highest BCUT2D eigenvalue weighted by atomic mass is 16.5. The second-order valence-corrected chi connectivity index (χ2v) is 5.28. The van der Waals surface area contributed by atoms with Gasteiger partial charge in [0.05, 0.1) is 24.5 Å². The third kappa shape index (κ3) is 4.24. The summed E-state index contributed by atoms with van der Waals surface area (Å²) in [6.45, 7) is 2.71. The van der Waals surface area contributed by atoms with E-state index in [1.807, 2.05) is 43.3 Å². The number of hydrogen-bond acceptors (Lipinski definition) is 6. The van der Waals surface area contributed by atoms with Crippen molar-refractivity contribution in [1.82, 2.24) is 14.9 Å². The van der Waals surface area contributed by atoms with E-state index in [0.29, 0.717) is 23.7 Å². The Morgan fingerprint density at radius 1 is 1.12 bits per heavy atom. The highest BCUT2D eigenvalue weighted by Crippen LogP contribution is 2.29. The second kappa shape index (κ2) is 8.44. The first kappa shape index (κ1) is 17.2. The van der Waals surface area contributed by atoms with Crippen LogP contribution >= 0.6 is 0 Å². The lowest BCUT2D eigenvalue weighted by molar-refractivity contribution is 0.269. The third-order valence-corrected chi connectivity index (χ3v) is 3.54. The fourth-order valence-electron chi connectivity index (χ4n) is 2.29. The molecule has 0 unspecified atom stereocenters. The predicted molar refractivity (Wildman–Crippen MR) is 96.1 cm³/mol. The molecule has 0 radical (unpaired) electrons. The fourth-order valence-corrected chi connectivity index (χ4v) is 2.29. The van der Waals surface area contributed by atoms with Gasteiger partial charge in [-0.25, -0.2) is 4.68 Å².